The van der Waals surface area contributed by atoms with Gasteiger partial charge in [0.05, 0.1) is 22.7 Å². The average molecular weight is 503 g/mol. The third-order valence-corrected chi connectivity index (χ3v) is 7.18. The van der Waals surface area contributed by atoms with Crippen LogP contribution in [-0.4, -0.2) is 32.4 Å². The van der Waals surface area contributed by atoms with E-state index in [-0.39, 0.29) is 16.3 Å². The number of rotatable bonds is 3. The quantitative estimate of drug-likeness (QED) is 0.503. The lowest BCUT2D eigenvalue weighted by Crippen LogP contribution is -2.52. The molecule has 0 saturated heterocycles. The number of aliphatic carboxylic acids is 1. The predicted molar refractivity (Wildman–Crippen MR) is 116 cm³/mol. The van der Waals surface area contributed by atoms with Gasteiger partial charge in [-0.25, -0.2) is 0 Å². The molecule has 5 rings (SSSR count). The molecular weight excluding hydrogens is 486 g/mol. The fourth-order valence-electron chi connectivity index (χ4n) is 5.20. The van der Waals surface area contributed by atoms with Gasteiger partial charge in [0, 0.05) is 16.6 Å². The fraction of sp³-hybridized carbons (Fsp3) is 0.217. The maximum Gasteiger partial charge on any atom is 0.310 e. The van der Waals surface area contributed by atoms with Crippen LogP contribution in [0.1, 0.15) is 22.6 Å². The lowest BCUT2D eigenvalue weighted by Gasteiger charge is -2.40. The zero-order valence-corrected chi connectivity index (χ0v) is 18.3. The van der Waals surface area contributed by atoms with Gasteiger partial charge in [0.25, 0.3) is 0 Å². The monoisotopic (exact) mass is 501 g/mol. The number of benzene rings is 2. The first-order valence-corrected chi connectivity index (χ1v) is 10.8. The number of halogens is 2. The van der Waals surface area contributed by atoms with Crippen molar-refractivity contribution in [1.29, 1.82) is 0 Å². The minimum atomic E-state index is -2.13. The van der Waals surface area contributed by atoms with E-state index < -0.39 is 35.1 Å². The molecule has 1 fully saturated rings. The van der Waals surface area contributed by atoms with E-state index in [1.165, 1.54) is 12.4 Å². The van der Waals surface area contributed by atoms with Gasteiger partial charge in [0.2, 0.25) is 0 Å². The first-order valence-electron chi connectivity index (χ1n) is 9.59. The average Bonchev–Trinajstić information content (AvgIpc) is 3.13. The molecule has 1 saturated carbocycles. The molecule has 31 heavy (non-hydrogen) atoms. The van der Waals surface area contributed by atoms with Crippen molar-refractivity contribution in [2.75, 3.05) is 0 Å². The Balaban J connectivity index is 1.89. The largest absolute Gasteiger partial charge is 0.481 e. The van der Waals surface area contributed by atoms with E-state index in [1.54, 1.807) is 48.5 Å². The first kappa shape index (κ1) is 20.5. The molecule has 0 spiro atoms. The van der Waals surface area contributed by atoms with Crippen molar-refractivity contribution in [2.24, 2.45) is 5.92 Å². The van der Waals surface area contributed by atoms with Gasteiger partial charge in [-0.15, -0.1) is 0 Å². The van der Waals surface area contributed by atoms with Crippen molar-refractivity contribution in [3.63, 3.8) is 0 Å². The van der Waals surface area contributed by atoms with Crippen LogP contribution in [0.25, 0.3) is 0 Å². The summed E-state index contributed by atoms with van der Waals surface area (Å²) in [6.45, 7) is 0. The Morgan fingerprint density at radius 3 is 2.42 bits per heavy atom. The second-order valence-corrected chi connectivity index (χ2v) is 9.13. The number of pyridine rings is 1. The highest BCUT2D eigenvalue weighted by Gasteiger charge is 2.78. The summed E-state index contributed by atoms with van der Waals surface area (Å²) in [6, 6.07) is 16.0. The smallest absolute Gasteiger partial charge is 0.310 e. The minimum absolute atomic E-state index is 0.0934. The number of aromatic nitrogens is 1. The summed E-state index contributed by atoms with van der Waals surface area (Å²) in [5.41, 5.74) is -2.50. The van der Waals surface area contributed by atoms with E-state index in [1.807, 2.05) is 6.07 Å². The summed E-state index contributed by atoms with van der Waals surface area (Å²) in [7, 11) is 0. The maximum absolute atomic E-state index is 12.4. The molecule has 158 valence electrons. The molecule has 5 unspecified atom stereocenters. The molecule has 1 aromatic heterocycles. The van der Waals surface area contributed by atoms with Crippen LogP contribution in [0.3, 0.4) is 0 Å². The Labute approximate surface area is 191 Å². The lowest BCUT2D eigenvalue weighted by molar-refractivity contribution is -0.159. The summed E-state index contributed by atoms with van der Waals surface area (Å²) < 4.78 is 7.21. The highest BCUT2D eigenvalue weighted by Crippen LogP contribution is 2.69. The van der Waals surface area contributed by atoms with E-state index in [4.69, 9.17) is 16.3 Å². The number of nitrogens with zero attached hydrogens (tertiary/aromatic N) is 1. The van der Waals surface area contributed by atoms with Crippen LogP contribution in [0.15, 0.2) is 71.5 Å². The van der Waals surface area contributed by atoms with Crippen LogP contribution >= 0.6 is 27.5 Å². The Kier molecular flexibility index (Phi) is 4.64. The standard InChI is InChI=1S/C23H17BrClNO5/c24-14-8-6-13(7-9-14)23-18(12-4-2-1-3-5-12)17(21(28)29)20(27)22(23,30)19-15(25)10-26-11-16(19)31-23/h1-11,17-18,20,27,30H,(H,28,29). The topological polar surface area (TPSA) is 99.9 Å². The number of carboxylic acid groups (broad SMARTS) is 1. The molecular formula is C23H17BrClNO5. The number of aliphatic hydroxyl groups excluding tert-OH is 1. The van der Waals surface area contributed by atoms with E-state index in [2.05, 4.69) is 20.9 Å². The summed E-state index contributed by atoms with van der Waals surface area (Å²) in [4.78, 5) is 16.5. The Morgan fingerprint density at radius 2 is 1.77 bits per heavy atom. The van der Waals surface area contributed by atoms with Crippen molar-refractivity contribution in [1.82, 2.24) is 4.98 Å². The van der Waals surface area contributed by atoms with E-state index in [0.717, 1.165) is 4.47 Å². The van der Waals surface area contributed by atoms with Crippen molar-refractivity contribution in [2.45, 2.75) is 23.2 Å². The van der Waals surface area contributed by atoms with Crippen LogP contribution in [-0.2, 0) is 16.0 Å². The fourth-order valence-corrected chi connectivity index (χ4v) is 5.76. The third-order valence-electron chi connectivity index (χ3n) is 6.37. The van der Waals surface area contributed by atoms with Gasteiger partial charge in [-0.1, -0.05) is 70.0 Å². The normalized spacial score (nSPS) is 31.0. The molecule has 0 amide bonds. The molecule has 1 aliphatic carbocycles. The summed E-state index contributed by atoms with van der Waals surface area (Å²) in [5.74, 6) is -3.30. The molecule has 2 heterocycles. The van der Waals surface area contributed by atoms with Crippen molar-refractivity contribution in [3.8, 4) is 5.75 Å². The summed E-state index contributed by atoms with van der Waals surface area (Å²) in [5, 5.41) is 33.8. The van der Waals surface area contributed by atoms with Crippen LogP contribution < -0.4 is 4.74 Å². The van der Waals surface area contributed by atoms with Gasteiger partial charge in [0.1, 0.15) is 11.9 Å². The SMILES string of the molecule is O=C(O)C1C(O)C2(O)c3c(Cl)cncc3OC2(c2ccc(Br)cc2)C1c1ccccc1. The van der Waals surface area contributed by atoms with Gasteiger partial charge in [0.15, 0.2) is 11.2 Å². The molecule has 6 nitrogen and oxygen atoms in total. The van der Waals surface area contributed by atoms with Crippen molar-refractivity contribution < 1.29 is 24.9 Å². The van der Waals surface area contributed by atoms with Crippen LogP contribution in [0.4, 0.5) is 0 Å². The summed E-state index contributed by atoms with van der Waals surface area (Å²) >= 11 is 9.83. The Bertz CT molecular complexity index is 1170. The van der Waals surface area contributed by atoms with Crippen LogP contribution in [0, 0.1) is 5.92 Å². The molecule has 3 aromatic rings. The molecule has 3 N–H and O–H groups in total. The predicted octanol–water partition coefficient (Wildman–Crippen LogP) is 3.83. The Hall–Kier alpha value is -2.45. The molecule has 0 bridgehead atoms. The number of ether oxygens (including phenoxy) is 1. The van der Waals surface area contributed by atoms with Gasteiger partial charge < -0.3 is 20.1 Å². The lowest BCUT2D eigenvalue weighted by atomic mass is 9.71. The van der Waals surface area contributed by atoms with E-state index in [9.17, 15) is 20.1 Å². The van der Waals surface area contributed by atoms with Gasteiger partial charge in [-0.2, -0.15) is 0 Å². The molecule has 0 radical (unpaired) electrons. The van der Waals surface area contributed by atoms with Gasteiger partial charge >= 0.3 is 5.97 Å². The number of fused-ring (bicyclic) bond motifs is 3. The second kappa shape index (κ2) is 7.03. The first-order chi connectivity index (χ1) is 14.8. The third kappa shape index (κ3) is 2.58. The molecule has 1 aliphatic heterocycles. The number of aliphatic hydroxyl groups is 2. The Morgan fingerprint density at radius 1 is 1.10 bits per heavy atom. The minimum Gasteiger partial charge on any atom is -0.481 e. The van der Waals surface area contributed by atoms with Crippen molar-refractivity contribution >= 4 is 33.5 Å². The number of carboxylic acids is 1. The zero-order valence-electron chi connectivity index (χ0n) is 15.9. The summed E-state index contributed by atoms with van der Waals surface area (Å²) in [6.07, 6.45) is 1.07. The van der Waals surface area contributed by atoms with Crippen molar-refractivity contribution in [3.05, 3.63) is 93.2 Å². The highest BCUT2D eigenvalue weighted by atomic mass is 79.9. The van der Waals surface area contributed by atoms with Crippen LogP contribution in [0.5, 0.6) is 5.75 Å². The number of hydrogen-bond donors (Lipinski definition) is 3. The molecule has 5 atom stereocenters. The van der Waals surface area contributed by atoms with E-state index >= 15 is 0 Å². The number of carbonyl (C=O) groups is 1. The van der Waals surface area contributed by atoms with Gasteiger partial charge in [-0.3, -0.25) is 9.78 Å². The van der Waals surface area contributed by atoms with E-state index in [0.29, 0.717) is 11.1 Å². The highest BCUT2D eigenvalue weighted by molar-refractivity contribution is 9.10. The van der Waals surface area contributed by atoms with Gasteiger partial charge in [-0.05, 0) is 23.3 Å². The van der Waals surface area contributed by atoms with Crippen LogP contribution in [0.2, 0.25) is 5.02 Å². The number of hydrogen-bond acceptors (Lipinski definition) is 5. The molecule has 8 heteroatoms. The molecule has 2 aromatic carbocycles. The zero-order chi connectivity index (χ0) is 22.0. The maximum atomic E-state index is 12.4. The second-order valence-electron chi connectivity index (χ2n) is 7.80. The molecule has 2 aliphatic rings.